The molecule has 0 aliphatic heterocycles. The Morgan fingerprint density at radius 1 is 1.11 bits per heavy atom. The predicted octanol–water partition coefficient (Wildman–Crippen LogP) is 3.39. The lowest BCUT2D eigenvalue weighted by atomic mass is 9.98. The first kappa shape index (κ1) is 20.5. The minimum absolute atomic E-state index is 0.112. The largest absolute Gasteiger partial charge is 0.497 e. The molecule has 2 aromatic rings. The number of aliphatic carboxylic acids is 1. The third-order valence-corrected chi connectivity index (χ3v) is 4.49. The summed E-state index contributed by atoms with van der Waals surface area (Å²) in [6.45, 7) is 2.12. The summed E-state index contributed by atoms with van der Waals surface area (Å²) in [6, 6.07) is 15.6. The van der Waals surface area contributed by atoms with Crippen molar-refractivity contribution in [2.75, 3.05) is 13.7 Å². The number of methoxy groups -OCH3 is 1. The maximum atomic E-state index is 12.0. The van der Waals surface area contributed by atoms with Crippen molar-refractivity contribution in [3.63, 3.8) is 0 Å². The van der Waals surface area contributed by atoms with E-state index in [-0.39, 0.29) is 12.5 Å². The van der Waals surface area contributed by atoms with Crippen molar-refractivity contribution in [1.29, 1.82) is 0 Å². The fourth-order valence-corrected chi connectivity index (χ4v) is 2.94. The van der Waals surface area contributed by atoms with Crippen molar-refractivity contribution in [3.05, 3.63) is 65.2 Å². The van der Waals surface area contributed by atoms with E-state index >= 15 is 0 Å². The van der Waals surface area contributed by atoms with Crippen LogP contribution >= 0.6 is 0 Å². The van der Waals surface area contributed by atoms with Crippen LogP contribution < -0.4 is 10.1 Å². The summed E-state index contributed by atoms with van der Waals surface area (Å²) in [5.41, 5.74) is 3.21. The van der Waals surface area contributed by atoms with Crippen molar-refractivity contribution in [2.24, 2.45) is 5.92 Å². The monoisotopic (exact) mass is 369 g/mol. The summed E-state index contributed by atoms with van der Waals surface area (Å²) < 4.78 is 5.12. The minimum Gasteiger partial charge on any atom is -0.497 e. The number of ether oxygens (including phenoxy) is 1. The van der Waals surface area contributed by atoms with Gasteiger partial charge in [-0.25, -0.2) is 0 Å². The summed E-state index contributed by atoms with van der Waals surface area (Å²) in [6.07, 6.45) is 2.29. The van der Waals surface area contributed by atoms with Crippen molar-refractivity contribution in [1.82, 2.24) is 5.32 Å². The van der Waals surface area contributed by atoms with Gasteiger partial charge in [-0.3, -0.25) is 9.59 Å². The molecule has 27 heavy (non-hydrogen) atoms. The number of hydrogen-bond acceptors (Lipinski definition) is 3. The number of nitrogens with one attached hydrogen (secondary N) is 1. The quantitative estimate of drug-likeness (QED) is 0.673. The third kappa shape index (κ3) is 7.13. The van der Waals surface area contributed by atoms with Gasteiger partial charge in [-0.15, -0.1) is 0 Å². The number of carboxylic acids is 1. The zero-order valence-corrected chi connectivity index (χ0v) is 15.9. The molecule has 0 fully saturated rings. The Morgan fingerprint density at radius 2 is 1.85 bits per heavy atom. The van der Waals surface area contributed by atoms with Gasteiger partial charge in [-0.05, 0) is 49.4 Å². The van der Waals surface area contributed by atoms with E-state index in [1.54, 1.807) is 7.11 Å². The average Bonchev–Trinajstić information content (AvgIpc) is 2.65. The van der Waals surface area contributed by atoms with Crippen LogP contribution in [0, 0.1) is 12.8 Å². The molecule has 0 heterocycles. The van der Waals surface area contributed by atoms with E-state index in [1.165, 1.54) is 0 Å². The molecule has 1 amide bonds. The Balaban J connectivity index is 1.75. The van der Waals surface area contributed by atoms with Crippen LogP contribution in [-0.4, -0.2) is 30.6 Å². The zero-order valence-electron chi connectivity index (χ0n) is 15.9. The van der Waals surface area contributed by atoms with Gasteiger partial charge < -0.3 is 15.2 Å². The van der Waals surface area contributed by atoms with Crippen molar-refractivity contribution < 1.29 is 19.4 Å². The number of carboxylic acid groups (broad SMARTS) is 1. The molecular weight excluding hydrogens is 342 g/mol. The Morgan fingerprint density at radius 3 is 2.48 bits per heavy atom. The first-order valence-corrected chi connectivity index (χ1v) is 9.16. The first-order valence-electron chi connectivity index (χ1n) is 9.16. The van der Waals surface area contributed by atoms with E-state index in [2.05, 4.69) is 5.32 Å². The van der Waals surface area contributed by atoms with Crippen LogP contribution in [0.5, 0.6) is 5.75 Å². The highest BCUT2D eigenvalue weighted by Gasteiger charge is 2.19. The molecule has 0 radical (unpaired) electrons. The van der Waals surface area contributed by atoms with Gasteiger partial charge in [0.1, 0.15) is 5.75 Å². The Labute approximate surface area is 160 Å². The molecule has 0 aliphatic rings. The molecule has 0 bridgehead atoms. The molecule has 0 saturated carbocycles. The number of amides is 1. The predicted molar refractivity (Wildman–Crippen MR) is 105 cm³/mol. The third-order valence-electron chi connectivity index (χ3n) is 4.49. The lowest BCUT2D eigenvalue weighted by Crippen LogP contribution is -2.34. The molecule has 1 atom stereocenters. The van der Waals surface area contributed by atoms with Gasteiger partial charge in [0, 0.05) is 13.0 Å². The van der Waals surface area contributed by atoms with Crippen LogP contribution in [-0.2, 0) is 22.4 Å². The molecule has 2 rings (SSSR count). The molecule has 2 N–H and O–H groups in total. The second kappa shape index (κ2) is 10.4. The average molecular weight is 369 g/mol. The van der Waals surface area contributed by atoms with E-state index < -0.39 is 11.9 Å². The fraction of sp³-hybridized carbons (Fsp3) is 0.364. The van der Waals surface area contributed by atoms with Gasteiger partial charge in [0.25, 0.3) is 0 Å². The molecule has 5 heteroatoms. The summed E-state index contributed by atoms with van der Waals surface area (Å²) in [7, 11) is 1.63. The van der Waals surface area contributed by atoms with Gasteiger partial charge in [0.15, 0.2) is 0 Å². The normalized spacial score (nSPS) is 11.6. The Hall–Kier alpha value is -2.82. The van der Waals surface area contributed by atoms with Gasteiger partial charge in [-0.1, -0.05) is 42.0 Å². The Bertz CT molecular complexity index is 755. The number of benzene rings is 2. The molecule has 1 unspecified atom stereocenters. The van der Waals surface area contributed by atoms with Crippen molar-refractivity contribution >= 4 is 11.9 Å². The molecule has 0 aromatic heterocycles. The second-order valence-electron chi connectivity index (χ2n) is 6.73. The van der Waals surface area contributed by atoms with Crippen LogP contribution in [0.15, 0.2) is 48.5 Å². The van der Waals surface area contributed by atoms with Crippen molar-refractivity contribution in [2.45, 2.75) is 32.6 Å². The maximum absolute atomic E-state index is 12.0. The van der Waals surface area contributed by atoms with E-state index in [0.29, 0.717) is 19.3 Å². The minimum atomic E-state index is -0.893. The first-order chi connectivity index (χ1) is 13.0. The summed E-state index contributed by atoms with van der Waals surface area (Å²) in [5, 5.41) is 12.2. The maximum Gasteiger partial charge on any atom is 0.308 e. The topological polar surface area (TPSA) is 75.6 Å². The van der Waals surface area contributed by atoms with E-state index in [9.17, 15) is 14.7 Å². The smallest absolute Gasteiger partial charge is 0.308 e. The Kier molecular flexibility index (Phi) is 7.86. The van der Waals surface area contributed by atoms with Gasteiger partial charge in [-0.2, -0.15) is 0 Å². The van der Waals surface area contributed by atoms with Gasteiger partial charge >= 0.3 is 5.97 Å². The molecule has 0 spiro atoms. The highest BCUT2D eigenvalue weighted by Crippen LogP contribution is 2.14. The number of hydrogen-bond donors (Lipinski definition) is 2. The molecule has 144 valence electrons. The highest BCUT2D eigenvalue weighted by molar-refractivity contribution is 5.77. The number of aryl methyl sites for hydroxylation is 2. The molecule has 2 aromatic carbocycles. The summed E-state index contributed by atoms with van der Waals surface area (Å²) >= 11 is 0. The lowest BCUT2D eigenvalue weighted by Gasteiger charge is -2.14. The SMILES string of the molecule is COc1ccc(CCCC(=O)NCC(Cc2cccc(C)c2)C(=O)O)cc1. The lowest BCUT2D eigenvalue weighted by molar-refractivity contribution is -0.141. The van der Waals surface area contributed by atoms with Crippen LogP contribution in [0.4, 0.5) is 0 Å². The highest BCUT2D eigenvalue weighted by atomic mass is 16.5. The van der Waals surface area contributed by atoms with Crippen LogP contribution in [0.1, 0.15) is 29.5 Å². The van der Waals surface area contributed by atoms with E-state index in [4.69, 9.17) is 4.74 Å². The van der Waals surface area contributed by atoms with Crippen molar-refractivity contribution in [3.8, 4) is 5.75 Å². The fourth-order valence-electron chi connectivity index (χ4n) is 2.94. The number of carbonyl (C=O) groups is 2. The van der Waals surface area contributed by atoms with E-state index in [1.807, 2.05) is 55.5 Å². The molecule has 0 aliphatic carbocycles. The second-order valence-corrected chi connectivity index (χ2v) is 6.73. The van der Waals surface area contributed by atoms with Crippen LogP contribution in [0.2, 0.25) is 0 Å². The number of rotatable bonds is 10. The number of carbonyl (C=O) groups excluding carboxylic acids is 1. The van der Waals surface area contributed by atoms with E-state index in [0.717, 1.165) is 28.9 Å². The molecule has 5 nitrogen and oxygen atoms in total. The summed E-state index contributed by atoms with van der Waals surface area (Å²) in [4.78, 5) is 23.5. The van der Waals surface area contributed by atoms with Gasteiger partial charge in [0.05, 0.1) is 13.0 Å². The molecular formula is C22H27NO4. The zero-order chi connectivity index (χ0) is 19.6. The van der Waals surface area contributed by atoms with Crippen LogP contribution in [0.3, 0.4) is 0 Å². The van der Waals surface area contributed by atoms with Gasteiger partial charge in [0.2, 0.25) is 5.91 Å². The van der Waals surface area contributed by atoms with Crippen LogP contribution in [0.25, 0.3) is 0 Å². The molecule has 0 saturated heterocycles. The standard InChI is InChI=1S/C22H27NO4/c1-16-5-3-7-18(13-16)14-19(22(25)26)15-23-21(24)8-4-6-17-9-11-20(27-2)12-10-17/h3,5,7,9-13,19H,4,6,8,14-15H2,1-2H3,(H,23,24)(H,25,26). The summed E-state index contributed by atoms with van der Waals surface area (Å²) in [5.74, 6) is -0.823.